The van der Waals surface area contributed by atoms with Crippen LogP contribution in [0.1, 0.15) is 31.2 Å². The molecule has 6 heteroatoms. The molecule has 0 aromatic heterocycles. The van der Waals surface area contributed by atoms with Crippen LogP contribution in [0.3, 0.4) is 0 Å². The van der Waals surface area contributed by atoms with Gasteiger partial charge in [0, 0.05) is 38.6 Å². The molecule has 6 nitrogen and oxygen atoms in total. The molecule has 152 valence electrons. The largest absolute Gasteiger partial charge is 0.335 e. The molecule has 2 saturated heterocycles. The van der Waals surface area contributed by atoms with Crippen LogP contribution in [0.25, 0.3) is 0 Å². The molecule has 3 amide bonds. The zero-order valence-corrected chi connectivity index (χ0v) is 16.6. The van der Waals surface area contributed by atoms with Gasteiger partial charge in [0.05, 0.1) is 11.4 Å². The van der Waals surface area contributed by atoms with Crippen LogP contribution in [-0.4, -0.2) is 42.5 Å². The number of nitrogens with zero attached hydrogens (tertiary/aromatic N) is 2. The third-order valence-electron chi connectivity index (χ3n) is 5.69. The van der Waals surface area contributed by atoms with Crippen molar-refractivity contribution in [2.45, 2.75) is 38.3 Å². The average molecular weight is 393 g/mol. The van der Waals surface area contributed by atoms with Crippen molar-refractivity contribution < 1.29 is 9.59 Å². The maximum absolute atomic E-state index is 12.6. The standard InChI is InChI=1S/C23H28N4O2/c28-22-11-6-14-27(22)21-10-5-4-9-20(21)25-23(29)24-19-12-15-26(16-13-19)17-18-7-2-1-3-8-18/h1-5,7-10,19H,6,11-17H2,(H2,24,25,29). The van der Waals surface area contributed by atoms with E-state index >= 15 is 0 Å². The zero-order chi connectivity index (χ0) is 20.1. The number of benzene rings is 2. The smallest absolute Gasteiger partial charge is 0.319 e. The number of nitrogens with one attached hydrogen (secondary N) is 2. The summed E-state index contributed by atoms with van der Waals surface area (Å²) in [5.74, 6) is 0.116. The molecule has 0 atom stereocenters. The lowest BCUT2D eigenvalue weighted by Crippen LogP contribution is -2.45. The number of anilines is 2. The van der Waals surface area contributed by atoms with Crippen molar-refractivity contribution in [3.63, 3.8) is 0 Å². The lowest BCUT2D eigenvalue weighted by molar-refractivity contribution is -0.117. The summed E-state index contributed by atoms with van der Waals surface area (Å²) in [6.45, 7) is 3.60. The van der Waals surface area contributed by atoms with Gasteiger partial charge in [0.2, 0.25) is 5.91 Å². The number of hydrogen-bond acceptors (Lipinski definition) is 3. The van der Waals surface area contributed by atoms with Gasteiger partial charge in [-0.2, -0.15) is 0 Å². The molecule has 2 aromatic carbocycles. The summed E-state index contributed by atoms with van der Waals surface area (Å²) in [5, 5.41) is 6.05. The predicted molar refractivity (Wildman–Crippen MR) is 115 cm³/mol. The summed E-state index contributed by atoms with van der Waals surface area (Å²) in [6.07, 6.45) is 3.31. The molecule has 0 spiro atoms. The molecule has 0 unspecified atom stereocenters. The summed E-state index contributed by atoms with van der Waals surface area (Å²) in [5.41, 5.74) is 2.79. The minimum atomic E-state index is -0.203. The fourth-order valence-corrected chi connectivity index (χ4v) is 4.14. The van der Waals surface area contributed by atoms with Gasteiger partial charge in [-0.3, -0.25) is 9.69 Å². The molecule has 4 rings (SSSR count). The number of carbonyl (C=O) groups excluding carboxylic acids is 2. The Kier molecular flexibility index (Phi) is 6.10. The van der Waals surface area contributed by atoms with E-state index in [2.05, 4.69) is 39.8 Å². The number of amides is 3. The van der Waals surface area contributed by atoms with Crippen LogP contribution < -0.4 is 15.5 Å². The Labute approximate surface area is 171 Å². The minimum Gasteiger partial charge on any atom is -0.335 e. The van der Waals surface area contributed by atoms with Crippen molar-refractivity contribution in [1.29, 1.82) is 0 Å². The molecular weight excluding hydrogens is 364 g/mol. The Morgan fingerprint density at radius 1 is 0.966 bits per heavy atom. The fraction of sp³-hybridized carbons (Fsp3) is 0.391. The summed E-state index contributed by atoms with van der Waals surface area (Å²) in [4.78, 5) is 28.8. The normalized spacial score (nSPS) is 18.1. The number of hydrogen-bond donors (Lipinski definition) is 2. The van der Waals surface area contributed by atoms with E-state index in [4.69, 9.17) is 0 Å². The number of rotatable bonds is 5. The molecular formula is C23H28N4O2. The van der Waals surface area contributed by atoms with E-state index in [0.29, 0.717) is 18.7 Å². The van der Waals surface area contributed by atoms with Crippen LogP contribution in [0, 0.1) is 0 Å². The van der Waals surface area contributed by atoms with Crippen LogP contribution in [-0.2, 0) is 11.3 Å². The number of urea groups is 1. The summed E-state index contributed by atoms with van der Waals surface area (Å²) in [6, 6.07) is 18.0. The van der Waals surface area contributed by atoms with E-state index in [1.807, 2.05) is 30.3 Å². The lowest BCUT2D eigenvalue weighted by Gasteiger charge is -2.32. The Morgan fingerprint density at radius 3 is 2.41 bits per heavy atom. The van der Waals surface area contributed by atoms with Gasteiger partial charge in [-0.25, -0.2) is 4.79 Å². The second-order valence-electron chi connectivity index (χ2n) is 7.80. The van der Waals surface area contributed by atoms with Gasteiger partial charge in [0.25, 0.3) is 0 Å². The second kappa shape index (κ2) is 9.09. The van der Waals surface area contributed by atoms with Gasteiger partial charge >= 0.3 is 6.03 Å². The van der Waals surface area contributed by atoms with Gasteiger partial charge in [-0.05, 0) is 37.0 Å². The highest BCUT2D eigenvalue weighted by atomic mass is 16.2. The van der Waals surface area contributed by atoms with E-state index in [9.17, 15) is 9.59 Å². The Morgan fingerprint density at radius 2 is 1.69 bits per heavy atom. The van der Waals surface area contributed by atoms with E-state index in [-0.39, 0.29) is 18.0 Å². The summed E-state index contributed by atoms with van der Waals surface area (Å²) in [7, 11) is 0. The van der Waals surface area contributed by atoms with E-state index in [1.54, 1.807) is 4.90 Å². The minimum absolute atomic E-state index is 0.116. The Hall–Kier alpha value is -2.86. The number of piperidine rings is 1. The van der Waals surface area contributed by atoms with Gasteiger partial charge in [-0.1, -0.05) is 42.5 Å². The summed E-state index contributed by atoms with van der Waals surface area (Å²) < 4.78 is 0. The van der Waals surface area contributed by atoms with E-state index in [0.717, 1.165) is 44.6 Å². The Balaban J connectivity index is 1.28. The molecule has 0 radical (unpaired) electrons. The number of carbonyl (C=O) groups is 2. The maximum Gasteiger partial charge on any atom is 0.319 e. The molecule has 2 N–H and O–H groups in total. The van der Waals surface area contributed by atoms with Gasteiger partial charge < -0.3 is 15.5 Å². The fourth-order valence-electron chi connectivity index (χ4n) is 4.14. The molecule has 29 heavy (non-hydrogen) atoms. The molecule has 2 aliphatic heterocycles. The molecule has 2 fully saturated rings. The van der Waals surface area contributed by atoms with Crippen molar-refractivity contribution in [3.8, 4) is 0 Å². The SMILES string of the molecule is O=C(Nc1ccccc1N1CCCC1=O)NC1CCN(Cc2ccccc2)CC1. The van der Waals surface area contributed by atoms with Gasteiger partial charge in [-0.15, -0.1) is 0 Å². The maximum atomic E-state index is 12.6. The molecule has 2 aliphatic rings. The monoisotopic (exact) mass is 392 g/mol. The highest BCUT2D eigenvalue weighted by Gasteiger charge is 2.25. The molecule has 0 saturated carbocycles. The molecule has 2 aromatic rings. The predicted octanol–water partition coefficient (Wildman–Crippen LogP) is 3.60. The third-order valence-corrected chi connectivity index (χ3v) is 5.69. The Bertz CT molecular complexity index is 847. The van der Waals surface area contributed by atoms with Crippen molar-refractivity contribution in [3.05, 3.63) is 60.2 Å². The third kappa shape index (κ3) is 4.95. The van der Waals surface area contributed by atoms with Crippen LogP contribution in [0.4, 0.5) is 16.2 Å². The topological polar surface area (TPSA) is 64.7 Å². The lowest BCUT2D eigenvalue weighted by atomic mass is 10.0. The van der Waals surface area contributed by atoms with E-state index < -0.39 is 0 Å². The molecule has 0 aliphatic carbocycles. The molecule has 0 bridgehead atoms. The quantitative estimate of drug-likeness (QED) is 0.817. The van der Waals surface area contributed by atoms with Crippen molar-refractivity contribution in [2.75, 3.05) is 29.9 Å². The zero-order valence-electron chi connectivity index (χ0n) is 16.6. The van der Waals surface area contributed by atoms with Gasteiger partial charge in [0.1, 0.15) is 0 Å². The molecule has 2 heterocycles. The van der Waals surface area contributed by atoms with Crippen LogP contribution >= 0.6 is 0 Å². The van der Waals surface area contributed by atoms with E-state index in [1.165, 1.54) is 5.56 Å². The number of likely N-dealkylation sites (tertiary alicyclic amines) is 1. The van der Waals surface area contributed by atoms with Crippen LogP contribution in [0.2, 0.25) is 0 Å². The van der Waals surface area contributed by atoms with Crippen LogP contribution in [0.15, 0.2) is 54.6 Å². The van der Waals surface area contributed by atoms with Gasteiger partial charge in [0.15, 0.2) is 0 Å². The first-order valence-electron chi connectivity index (χ1n) is 10.4. The van der Waals surface area contributed by atoms with Crippen molar-refractivity contribution in [2.24, 2.45) is 0 Å². The summed E-state index contributed by atoms with van der Waals surface area (Å²) >= 11 is 0. The first-order chi connectivity index (χ1) is 14.2. The first kappa shape index (κ1) is 19.5. The second-order valence-corrected chi connectivity index (χ2v) is 7.80. The first-order valence-corrected chi connectivity index (χ1v) is 10.4. The van der Waals surface area contributed by atoms with Crippen molar-refractivity contribution >= 4 is 23.3 Å². The highest BCUT2D eigenvalue weighted by molar-refractivity contribution is 6.01. The average Bonchev–Trinajstić information content (AvgIpc) is 3.16. The van der Waals surface area contributed by atoms with Crippen LogP contribution in [0.5, 0.6) is 0 Å². The van der Waals surface area contributed by atoms with Crippen molar-refractivity contribution in [1.82, 2.24) is 10.2 Å². The number of para-hydroxylation sites is 2. The highest BCUT2D eigenvalue weighted by Crippen LogP contribution is 2.29.